The zero-order valence-corrected chi connectivity index (χ0v) is 18.1. The first kappa shape index (κ1) is 18.9. The number of halogens is 1. The van der Waals surface area contributed by atoms with Crippen molar-refractivity contribution in [3.63, 3.8) is 0 Å². The maximum absolute atomic E-state index is 13.4. The van der Waals surface area contributed by atoms with E-state index in [-0.39, 0.29) is 5.43 Å². The molecule has 0 N–H and O–H groups in total. The van der Waals surface area contributed by atoms with Crippen LogP contribution in [0.4, 0.5) is 0 Å². The fourth-order valence-electron chi connectivity index (χ4n) is 4.72. The summed E-state index contributed by atoms with van der Waals surface area (Å²) >= 11 is 3.45. The topological polar surface area (TPSA) is 42.7 Å². The van der Waals surface area contributed by atoms with Gasteiger partial charge in [-0.1, -0.05) is 47.3 Å². The Morgan fingerprint density at radius 2 is 1.79 bits per heavy atom. The van der Waals surface area contributed by atoms with Crippen LogP contribution < -0.4 is 10.2 Å². The Labute approximate surface area is 178 Å². The second-order valence-corrected chi connectivity index (χ2v) is 9.02. The van der Waals surface area contributed by atoms with Gasteiger partial charge < -0.3 is 9.15 Å². The van der Waals surface area contributed by atoms with E-state index >= 15 is 0 Å². The zero-order valence-electron chi connectivity index (χ0n) is 16.5. The molecule has 3 aromatic rings. The average molecular weight is 454 g/mol. The van der Waals surface area contributed by atoms with Gasteiger partial charge in [0, 0.05) is 17.1 Å². The van der Waals surface area contributed by atoms with Crippen molar-refractivity contribution in [1.29, 1.82) is 0 Å². The van der Waals surface area contributed by atoms with Crippen molar-refractivity contribution in [1.82, 2.24) is 4.90 Å². The van der Waals surface area contributed by atoms with E-state index in [2.05, 4.69) is 20.8 Å². The van der Waals surface area contributed by atoms with E-state index in [0.29, 0.717) is 35.1 Å². The number of hydrogen-bond acceptors (Lipinski definition) is 4. The average Bonchev–Trinajstić information content (AvgIpc) is 2.75. The minimum atomic E-state index is 0.0173. The maximum atomic E-state index is 13.4. The molecule has 0 unspecified atom stereocenters. The van der Waals surface area contributed by atoms with Gasteiger partial charge in [-0.2, -0.15) is 0 Å². The third-order valence-electron chi connectivity index (χ3n) is 6.27. The minimum Gasteiger partial charge on any atom is -0.478 e. The van der Waals surface area contributed by atoms with E-state index in [1.54, 1.807) is 0 Å². The van der Waals surface area contributed by atoms with E-state index in [9.17, 15) is 4.79 Å². The quantitative estimate of drug-likeness (QED) is 0.475. The molecule has 0 radical (unpaired) electrons. The van der Waals surface area contributed by atoms with Crippen LogP contribution in [0.3, 0.4) is 0 Å². The summed E-state index contributed by atoms with van der Waals surface area (Å²) in [5, 5.41) is 0.626. The van der Waals surface area contributed by atoms with E-state index in [1.165, 1.54) is 32.1 Å². The predicted octanol–water partition coefficient (Wildman–Crippen LogP) is 6.02. The molecule has 1 fully saturated rings. The van der Waals surface area contributed by atoms with Gasteiger partial charge >= 0.3 is 0 Å². The molecule has 5 heteroatoms. The Morgan fingerprint density at radius 1 is 1.03 bits per heavy atom. The third kappa shape index (κ3) is 3.40. The monoisotopic (exact) mass is 453 g/mol. The lowest BCUT2D eigenvalue weighted by molar-refractivity contribution is 0.0406. The minimum absolute atomic E-state index is 0.0173. The predicted molar refractivity (Wildman–Crippen MR) is 118 cm³/mol. The Morgan fingerprint density at radius 3 is 2.55 bits per heavy atom. The van der Waals surface area contributed by atoms with Crippen molar-refractivity contribution >= 4 is 26.9 Å². The Hall–Kier alpha value is -2.11. The lowest BCUT2D eigenvalue weighted by atomic mass is 9.93. The van der Waals surface area contributed by atoms with E-state index in [0.717, 1.165) is 27.9 Å². The van der Waals surface area contributed by atoms with Gasteiger partial charge in [0.05, 0.1) is 16.5 Å². The van der Waals surface area contributed by atoms with Crippen molar-refractivity contribution in [3.05, 3.63) is 62.4 Å². The fraction of sp³-hybridized carbons (Fsp3) is 0.375. The lowest BCUT2D eigenvalue weighted by Gasteiger charge is -2.37. The summed E-state index contributed by atoms with van der Waals surface area (Å²) in [5.74, 6) is 1.48. The second-order valence-electron chi connectivity index (χ2n) is 8.10. The van der Waals surface area contributed by atoms with Crippen LogP contribution in [0, 0.1) is 6.92 Å². The summed E-state index contributed by atoms with van der Waals surface area (Å²) in [5.41, 5.74) is 3.20. The molecule has 0 atom stereocenters. The van der Waals surface area contributed by atoms with Crippen LogP contribution in [-0.2, 0) is 6.54 Å². The van der Waals surface area contributed by atoms with Crippen LogP contribution in [0.1, 0.15) is 43.4 Å². The van der Waals surface area contributed by atoms with Crippen molar-refractivity contribution in [3.8, 4) is 16.9 Å². The summed E-state index contributed by atoms with van der Waals surface area (Å²) in [4.78, 5) is 15.8. The third-order valence-corrected chi connectivity index (χ3v) is 6.80. The highest BCUT2D eigenvalue weighted by atomic mass is 79.9. The standard InChI is InChI=1S/C24H24BrNO3/c1-15-22(16-7-9-17(25)10-8-16)23(27)19-11-12-21-20(24(19)29-15)13-26(14-28-21)18-5-3-2-4-6-18/h7-12,18H,2-6,13-14H2,1H3. The van der Waals surface area contributed by atoms with Crippen LogP contribution in [-0.4, -0.2) is 17.7 Å². The molecule has 0 saturated heterocycles. The Bertz CT molecular complexity index is 1110. The van der Waals surface area contributed by atoms with Crippen molar-refractivity contribution in [2.75, 3.05) is 6.73 Å². The molecule has 2 heterocycles. The van der Waals surface area contributed by atoms with Crippen LogP contribution >= 0.6 is 15.9 Å². The molecule has 2 aromatic carbocycles. The normalized spacial score (nSPS) is 17.9. The summed E-state index contributed by atoms with van der Waals surface area (Å²) in [6, 6.07) is 12.1. The number of hydrogen-bond donors (Lipinski definition) is 0. The maximum Gasteiger partial charge on any atom is 0.200 e. The molecule has 0 bridgehead atoms. The highest BCUT2D eigenvalue weighted by Crippen LogP contribution is 2.36. The van der Waals surface area contributed by atoms with Crippen LogP contribution in [0.25, 0.3) is 22.1 Å². The van der Waals surface area contributed by atoms with Gasteiger partial charge in [-0.3, -0.25) is 9.69 Å². The molecule has 1 saturated carbocycles. The van der Waals surface area contributed by atoms with Gasteiger partial charge in [0.25, 0.3) is 0 Å². The van der Waals surface area contributed by atoms with E-state index in [4.69, 9.17) is 9.15 Å². The van der Waals surface area contributed by atoms with Gasteiger partial charge in [-0.15, -0.1) is 0 Å². The molecule has 1 aliphatic heterocycles. The fourth-order valence-corrected chi connectivity index (χ4v) is 4.99. The molecule has 2 aliphatic rings. The Balaban J connectivity index is 1.60. The molecule has 1 aliphatic carbocycles. The smallest absolute Gasteiger partial charge is 0.200 e. The van der Waals surface area contributed by atoms with Crippen LogP contribution in [0.15, 0.2) is 50.1 Å². The van der Waals surface area contributed by atoms with Gasteiger partial charge in [0.2, 0.25) is 5.43 Å². The zero-order chi connectivity index (χ0) is 20.0. The molecule has 0 amide bonds. The van der Waals surface area contributed by atoms with Crippen LogP contribution in [0.2, 0.25) is 0 Å². The second kappa shape index (κ2) is 7.62. The summed E-state index contributed by atoms with van der Waals surface area (Å²) in [6.07, 6.45) is 6.35. The molecule has 1 aromatic heterocycles. The number of ether oxygens (including phenoxy) is 1. The van der Waals surface area contributed by atoms with E-state index in [1.807, 2.05) is 43.3 Å². The molecule has 0 spiro atoms. The molecule has 150 valence electrons. The largest absolute Gasteiger partial charge is 0.478 e. The van der Waals surface area contributed by atoms with Crippen LogP contribution in [0.5, 0.6) is 5.75 Å². The van der Waals surface area contributed by atoms with E-state index < -0.39 is 0 Å². The molecular formula is C24H24BrNO3. The van der Waals surface area contributed by atoms with Gasteiger partial charge in [-0.25, -0.2) is 0 Å². The molecule has 5 rings (SSSR count). The number of fused-ring (bicyclic) bond motifs is 3. The van der Waals surface area contributed by atoms with Crippen molar-refractivity contribution < 1.29 is 9.15 Å². The van der Waals surface area contributed by atoms with Crippen molar-refractivity contribution in [2.24, 2.45) is 0 Å². The number of rotatable bonds is 2. The van der Waals surface area contributed by atoms with Gasteiger partial charge in [0.15, 0.2) is 0 Å². The van der Waals surface area contributed by atoms with Gasteiger partial charge in [0.1, 0.15) is 23.8 Å². The highest BCUT2D eigenvalue weighted by molar-refractivity contribution is 9.10. The molecule has 4 nitrogen and oxygen atoms in total. The number of aryl methyl sites for hydroxylation is 1. The summed E-state index contributed by atoms with van der Waals surface area (Å²) in [6.45, 7) is 3.26. The number of benzene rings is 2. The first-order chi connectivity index (χ1) is 14.1. The lowest BCUT2D eigenvalue weighted by Crippen LogP contribution is -2.41. The SMILES string of the molecule is Cc1oc2c3c(ccc2c(=O)c1-c1ccc(Br)cc1)OCN(C1CCCCC1)C3. The molecular weight excluding hydrogens is 430 g/mol. The van der Waals surface area contributed by atoms with Gasteiger partial charge in [-0.05, 0) is 49.6 Å². The number of nitrogens with zero attached hydrogens (tertiary/aromatic N) is 1. The first-order valence-corrected chi connectivity index (χ1v) is 11.1. The molecule has 29 heavy (non-hydrogen) atoms. The Kier molecular flexibility index (Phi) is 4.96. The first-order valence-electron chi connectivity index (χ1n) is 10.3. The summed E-state index contributed by atoms with van der Waals surface area (Å²) < 4.78 is 13.3. The van der Waals surface area contributed by atoms with Crippen molar-refractivity contribution in [2.45, 2.75) is 51.6 Å². The highest BCUT2D eigenvalue weighted by Gasteiger charge is 2.28. The summed E-state index contributed by atoms with van der Waals surface area (Å²) in [7, 11) is 0.